The molecule has 1 fully saturated rings. The first-order valence-corrected chi connectivity index (χ1v) is 6.12. The molecule has 1 amide bonds. The molecular formula is C13H14ClNO2. The van der Waals surface area contributed by atoms with Crippen LogP contribution in [0.15, 0.2) is 18.2 Å². The van der Waals surface area contributed by atoms with Crippen molar-refractivity contribution < 1.29 is 9.53 Å². The maximum absolute atomic E-state index is 11.9. The van der Waals surface area contributed by atoms with Crippen molar-refractivity contribution in [1.29, 1.82) is 0 Å². The van der Waals surface area contributed by atoms with Crippen LogP contribution < -0.4 is 4.74 Å². The number of carbonyl (C=O) groups is 1. The summed E-state index contributed by atoms with van der Waals surface area (Å²) in [7, 11) is 1.81. The first kappa shape index (κ1) is 10.9. The van der Waals surface area contributed by atoms with Crippen molar-refractivity contribution in [3.63, 3.8) is 0 Å². The zero-order chi connectivity index (χ0) is 12.2. The second kappa shape index (κ2) is 3.39. The summed E-state index contributed by atoms with van der Waals surface area (Å²) in [6.07, 6.45) is 1.38. The lowest BCUT2D eigenvalue weighted by atomic mass is 9.81. The molecule has 2 aliphatic heterocycles. The average molecular weight is 252 g/mol. The van der Waals surface area contributed by atoms with E-state index < -0.39 is 5.72 Å². The summed E-state index contributed by atoms with van der Waals surface area (Å²) < 4.78 is 5.97. The van der Waals surface area contributed by atoms with Crippen LogP contribution in [0.5, 0.6) is 5.75 Å². The maximum Gasteiger partial charge on any atom is 0.225 e. The number of hydrogen-bond acceptors (Lipinski definition) is 2. The van der Waals surface area contributed by atoms with Gasteiger partial charge < -0.3 is 9.64 Å². The van der Waals surface area contributed by atoms with Crippen LogP contribution in [0.1, 0.15) is 31.2 Å². The molecule has 2 heterocycles. The molecule has 0 unspecified atom stereocenters. The summed E-state index contributed by atoms with van der Waals surface area (Å²) in [6.45, 7) is 1.97. The molecule has 0 aliphatic carbocycles. The van der Waals surface area contributed by atoms with Crippen LogP contribution in [0.25, 0.3) is 0 Å². The van der Waals surface area contributed by atoms with Crippen LogP contribution in [0.3, 0.4) is 0 Å². The number of likely N-dealkylation sites (tertiary alicyclic amines) is 1. The Bertz CT molecular complexity index is 502. The first-order chi connectivity index (χ1) is 7.99. The summed E-state index contributed by atoms with van der Waals surface area (Å²) in [6, 6.07) is 5.64. The third-order valence-electron chi connectivity index (χ3n) is 3.87. The minimum atomic E-state index is -0.513. The number of fused-ring (bicyclic) bond motifs is 4. The molecule has 3 nitrogen and oxygen atoms in total. The number of rotatable bonds is 0. The smallest absolute Gasteiger partial charge is 0.225 e. The Kier molecular flexibility index (Phi) is 2.17. The highest BCUT2D eigenvalue weighted by atomic mass is 35.5. The molecule has 2 atom stereocenters. The van der Waals surface area contributed by atoms with Crippen molar-refractivity contribution in [3.05, 3.63) is 28.8 Å². The molecule has 1 saturated heterocycles. The molecule has 0 aromatic heterocycles. The van der Waals surface area contributed by atoms with E-state index in [9.17, 15) is 4.79 Å². The van der Waals surface area contributed by atoms with Gasteiger partial charge in [-0.05, 0) is 30.7 Å². The molecule has 2 aliphatic rings. The third kappa shape index (κ3) is 1.53. The van der Waals surface area contributed by atoms with Gasteiger partial charge in [0.05, 0.1) is 0 Å². The van der Waals surface area contributed by atoms with Gasteiger partial charge in [0, 0.05) is 30.8 Å². The van der Waals surface area contributed by atoms with Gasteiger partial charge in [0.25, 0.3) is 0 Å². The van der Waals surface area contributed by atoms with Gasteiger partial charge in [-0.2, -0.15) is 0 Å². The molecule has 0 radical (unpaired) electrons. The number of piperidine rings is 1. The number of hydrogen-bond donors (Lipinski definition) is 0. The highest BCUT2D eigenvalue weighted by Crippen LogP contribution is 2.47. The molecular weight excluding hydrogens is 238 g/mol. The molecule has 17 heavy (non-hydrogen) atoms. The predicted octanol–water partition coefficient (Wildman–Crippen LogP) is 2.78. The Morgan fingerprint density at radius 3 is 3.06 bits per heavy atom. The van der Waals surface area contributed by atoms with Crippen molar-refractivity contribution >= 4 is 17.5 Å². The fourth-order valence-corrected chi connectivity index (χ4v) is 2.96. The molecule has 4 heteroatoms. The Balaban J connectivity index is 2.11. The summed E-state index contributed by atoms with van der Waals surface area (Å²) in [5, 5.41) is 0.697. The van der Waals surface area contributed by atoms with Crippen LogP contribution in [-0.4, -0.2) is 23.6 Å². The molecule has 0 spiro atoms. The number of ether oxygens (including phenoxy) is 1. The van der Waals surface area contributed by atoms with Gasteiger partial charge in [0.1, 0.15) is 5.75 Å². The lowest BCUT2D eigenvalue weighted by molar-refractivity contribution is -0.160. The van der Waals surface area contributed by atoms with Crippen molar-refractivity contribution in [2.75, 3.05) is 7.05 Å². The Hall–Kier alpha value is -1.22. The topological polar surface area (TPSA) is 29.5 Å². The van der Waals surface area contributed by atoms with Gasteiger partial charge in [-0.1, -0.05) is 11.6 Å². The minimum absolute atomic E-state index is 0.134. The van der Waals surface area contributed by atoms with Crippen LogP contribution in [0.4, 0.5) is 0 Å². The minimum Gasteiger partial charge on any atom is -0.468 e. The number of carbonyl (C=O) groups excluding carboxylic acids is 1. The van der Waals surface area contributed by atoms with Crippen molar-refractivity contribution in [2.24, 2.45) is 0 Å². The summed E-state index contributed by atoms with van der Waals surface area (Å²) >= 11 is 6.00. The largest absolute Gasteiger partial charge is 0.468 e. The van der Waals surface area contributed by atoms with E-state index in [0.29, 0.717) is 11.4 Å². The second-order valence-electron chi connectivity index (χ2n) is 5.02. The SMILES string of the molecule is CN1C(=O)C[C@@H]2C[C@@]1(C)Oc1ccc(Cl)cc12. The van der Waals surface area contributed by atoms with Gasteiger partial charge >= 0.3 is 0 Å². The second-order valence-corrected chi connectivity index (χ2v) is 5.45. The van der Waals surface area contributed by atoms with E-state index >= 15 is 0 Å². The number of amides is 1. The predicted molar refractivity (Wildman–Crippen MR) is 65.2 cm³/mol. The van der Waals surface area contributed by atoms with E-state index in [-0.39, 0.29) is 11.8 Å². The Morgan fingerprint density at radius 1 is 1.53 bits per heavy atom. The lowest BCUT2D eigenvalue weighted by Crippen LogP contribution is -2.57. The number of benzene rings is 1. The van der Waals surface area contributed by atoms with E-state index in [2.05, 4.69) is 0 Å². The Labute approximate surface area is 105 Å². The first-order valence-electron chi connectivity index (χ1n) is 5.75. The molecule has 3 rings (SSSR count). The average Bonchev–Trinajstić information content (AvgIpc) is 2.27. The van der Waals surface area contributed by atoms with Crippen LogP contribution >= 0.6 is 11.6 Å². The lowest BCUT2D eigenvalue weighted by Gasteiger charge is -2.49. The highest BCUT2D eigenvalue weighted by Gasteiger charge is 2.47. The Morgan fingerprint density at radius 2 is 2.29 bits per heavy atom. The molecule has 1 aromatic carbocycles. The summed E-state index contributed by atoms with van der Waals surface area (Å²) in [4.78, 5) is 13.6. The van der Waals surface area contributed by atoms with E-state index in [1.807, 2.05) is 25.1 Å². The van der Waals surface area contributed by atoms with Gasteiger partial charge in [-0.3, -0.25) is 4.79 Å². The van der Waals surface area contributed by atoms with E-state index in [4.69, 9.17) is 16.3 Å². The van der Waals surface area contributed by atoms with Gasteiger partial charge in [0.15, 0.2) is 5.72 Å². The standard InChI is InChI=1S/C13H14ClNO2/c1-13-7-8(5-12(16)15(13)2)10-6-9(14)3-4-11(10)17-13/h3-4,6,8H,5,7H2,1-2H3/t8-,13-/m1/s1. The fourth-order valence-electron chi connectivity index (χ4n) is 2.78. The zero-order valence-electron chi connectivity index (χ0n) is 9.87. The molecule has 0 saturated carbocycles. The van der Waals surface area contributed by atoms with Gasteiger partial charge in [0.2, 0.25) is 5.91 Å². The van der Waals surface area contributed by atoms with Crippen LogP contribution in [0, 0.1) is 0 Å². The number of halogens is 1. The van der Waals surface area contributed by atoms with E-state index in [1.54, 1.807) is 11.9 Å². The van der Waals surface area contributed by atoms with E-state index in [0.717, 1.165) is 17.7 Å². The maximum atomic E-state index is 11.9. The third-order valence-corrected chi connectivity index (χ3v) is 4.11. The van der Waals surface area contributed by atoms with Gasteiger partial charge in [-0.25, -0.2) is 0 Å². The zero-order valence-corrected chi connectivity index (χ0v) is 10.6. The van der Waals surface area contributed by atoms with Crippen molar-refractivity contribution in [1.82, 2.24) is 4.90 Å². The quantitative estimate of drug-likeness (QED) is 0.710. The highest BCUT2D eigenvalue weighted by molar-refractivity contribution is 6.30. The van der Waals surface area contributed by atoms with Gasteiger partial charge in [-0.15, -0.1) is 0 Å². The molecule has 1 aromatic rings. The molecule has 0 N–H and O–H groups in total. The fraction of sp³-hybridized carbons (Fsp3) is 0.462. The van der Waals surface area contributed by atoms with E-state index in [1.165, 1.54) is 0 Å². The molecule has 2 bridgehead atoms. The molecule has 90 valence electrons. The van der Waals surface area contributed by atoms with Crippen LogP contribution in [-0.2, 0) is 4.79 Å². The monoisotopic (exact) mass is 251 g/mol. The van der Waals surface area contributed by atoms with Crippen molar-refractivity contribution in [2.45, 2.75) is 31.4 Å². The van der Waals surface area contributed by atoms with Crippen molar-refractivity contribution in [3.8, 4) is 5.75 Å². The number of nitrogens with zero attached hydrogens (tertiary/aromatic N) is 1. The van der Waals surface area contributed by atoms with Crippen LogP contribution in [0.2, 0.25) is 5.02 Å². The summed E-state index contributed by atoms with van der Waals surface area (Å²) in [5.41, 5.74) is 0.553. The normalized spacial score (nSPS) is 30.9. The summed E-state index contributed by atoms with van der Waals surface area (Å²) in [5.74, 6) is 1.22.